The zero-order valence-corrected chi connectivity index (χ0v) is 14.0. The van der Waals surface area contributed by atoms with Gasteiger partial charge in [0.15, 0.2) is 0 Å². The largest absolute Gasteiger partial charge is 0.369 e. The van der Waals surface area contributed by atoms with Gasteiger partial charge >= 0.3 is 0 Å². The minimum atomic E-state index is -0.737. The van der Waals surface area contributed by atoms with Gasteiger partial charge in [-0.3, -0.25) is 9.78 Å². The van der Waals surface area contributed by atoms with Crippen molar-refractivity contribution in [2.24, 2.45) is 5.73 Å². The topological polar surface area (TPSA) is 68.0 Å². The normalized spacial score (nSPS) is 11.9. The summed E-state index contributed by atoms with van der Waals surface area (Å²) in [6, 6.07) is 8.06. The van der Waals surface area contributed by atoms with E-state index < -0.39 is 11.9 Å². The Morgan fingerprint density at radius 3 is 2.50 bits per heavy atom. The number of anilines is 1. The van der Waals surface area contributed by atoms with Crippen LogP contribution in [-0.4, -0.2) is 10.9 Å². The van der Waals surface area contributed by atoms with E-state index in [-0.39, 0.29) is 0 Å². The van der Waals surface area contributed by atoms with Gasteiger partial charge in [-0.05, 0) is 62.2 Å². The average molecular weight is 420 g/mol. The maximum atomic E-state index is 11.7. The van der Waals surface area contributed by atoms with Crippen molar-refractivity contribution in [3.8, 4) is 0 Å². The maximum Gasteiger partial charge on any atom is 0.246 e. The molecule has 1 aromatic heterocycles. The Hall–Kier alpha value is -1.11. The number of nitrogens with two attached hydrogens (primary N) is 1. The summed E-state index contributed by atoms with van der Waals surface area (Å²) in [4.78, 5) is 15.9. The molecule has 0 aliphatic heterocycles. The van der Waals surface area contributed by atoms with Gasteiger partial charge < -0.3 is 11.1 Å². The molecule has 1 aromatic carbocycles. The van der Waals surface area contributed by atoms with Crippen LogP contribution in [0.1, 0.15) is 11.7 Å². The lowest BCUT2D eigenvalue weighted by atomic mass is 10.1. The lowest BCUT2D eigenvalue weighted by Crippen LogP contribution is -2.28. The third kappa shape index (κ3) is 3.71. The number of amides is 1. The van der Waals surface area contributed by atoms with E-state index in [2.05, 4.69) is 42.2 Å². The second-order valence-electron chi connectivity index (χ2n) is 4.01. The summed E-state index contributed by atoms with van der Waals surface area (Å²) in [5.41, 5.74) is 6.71. The first-order chi connectivity index (χ1) is 9.47. The van der Waals surface area contributed by atoms with Crippen molar-refractivity contribution in [3.63, 3.8) is 0 Å². The number of pyridine rings is 1. The number of hydrogen-bond acceptors (Lipinski definition) is 3. The van der Waals surface area contributed by atoms with Crippen molar-refractivity contribution in [2.75, 3.05) is 5.32 Å². The highest BCUT2D eigenvalue weighted by Crippen LogP contribution is 2.27. The Morgan fingerprint density at radius 2 is 1.95 bits per heavy atom. The monoisotopic (exact) mass is 417 g/mol. The molecule has 104 valence electrons. The molecule has 1 amide bonds. The molecule has 0 spiro atoms. The van der Waals surface area contributed by atoms with E-state index >= 15 is 0 Å². The van der Waals surface area contributed by atoms with Crippen LogP contribution in [0.15, 0.2) is 45.5 Å². The smallest absolute Gasteiger partial charge is 0.246 e. The Balaban J connectivity index is 2.31. The maximum absolute atomic E-state index is 11.7. The highest BCUT2D eigenvalue weighted by atomic mass is 79.9. The molecule has 0 saturated carbocycles. The molecule has 2 aromatic rings. The molecule has 7 heteroatoms. The Morgan fingerprint density at radius 1 is 1.30 bits per heavy atom. The van der Waals surface area contributed by atoms with Crippen molar-refractivity contribution in [2.45, 2.75) is 6.04 Å². The van der Waals surface area contributed by atoms with Crippen molar-refractivity contribution < 1.29 is 4.79 Å². The molecule has 1 heterocycles. The van der Waals surface area contributed by atoms with Crippen LogP contribution in [0.2, 0.25) is 5.02 Å². The van der Waals surface area contributed by atoms with Gasteiger partial charge in [-0.15, -0.1) is 0 Å². The fraction of sp³-hybridized carbons (Fsp3) is 0.0769. The molecule has 0 aliphatic rings. The molecule has 0 radical (unpaired) electrons. The molecule has 4 nitrogen and oxygen atoms in total. The number of carbonyl (C=O) groups is 1. The number of nitrogens with zero attached hydrogens (tertiary/aromatic N) is 1. The zero-order valence-electron chi connectivity index (χ0n) is 10.1. The molecular formula is C13H10Br2ClN3O. The fourth-order valence-electron chi connectivity index (χ4n) is 1.62. The Bertz CT molecular complexity index is 634. The minimum Gasteiger partial charge on any atom is -0.369 e. The predicted molar refractivity (Wildman–Crippen MR) is 86.6 cm³/mol. The van der Waals surface area contributed by atoms with Crippen LogP contribution >= 0.6 is 43.5 Å². The van der Waals surface area contributed by atoms with Crippen molar-refractivity contribution >= 4 is 55.1 Å². The summed E-state index contributed by atoms with van der Waals surface area (Å²) in [5.74, 6) is -0.518. The standard InChI is InChI=1S/C13H10Br2ClN3O/c14-7-5-10(15)11(18-6-7)12(13(17)20)19-9-3-1-8(16)2-4-9/h1-6,12,19H,(H2,17,20). The average Bonchev–Trinajstić information content (AvgIpc) is 2.39. The minimum absolute atomic E-state index is 0.518. The number of primary amides is 1. The van der Waals surface area contributed by atoms with E-state index in [0.29, 0.717) is 15.2 Å². The summed E-state index contributed by atoms with van der Waals surface area (Å²) < 4.78 is 1.50. The summed E-state index contributed by atoms with van der Waals surface area (Å²) in [7, 11) is 0. The van der Waals surface area contributed by atoms with Crippen LogP contribution in [-0.2, 0) is 4.79 Å². The van der Waals surface area contributed by atoms with Gasteiger partial charge in [0.05, 0.1) is 5.69 Å². The Labute approximate surface area is 138 Å². The molecule has 20 heavy (non-hydrogen) atoms. The molecule has 1 atom stereocenters. The molecule has 1 unspecified atom stereocenters. The van der Waals surface area contributed by atoms with Crippen molar-refractivity contribution in [1.82, 2.24) is 4.98 Å². The highest BCUT2D eigenvalue weighted by molar-refractivity contribution is 9.11. The number of hydrogen-bond donors (Lipinski definition) is 2. The van der Waals surface area contributed by atoms with Crippen LogP contribution in [0.4, 0.5) is 5.69 Å². The van der Waals surface area contributed by atoms with Crippen LogP contribution in [0.3, 0.4) is 0 Å². The van der Waals surface area contributed by atoms with Gasteiger partial charge in [-0.1, -0.05) is 11.6 Å². The van der Waals surface area contributed by atoms with Crippen LogP contribution < -0.4 is 11.1 Å². The molecule has 0 bridgehead atoms. The quantitative estimate of drug-likeness (QED) is 0.790. The third-order valence-electron chi connectivity index (χ3n) is 2.55. The van der Waals surface area contributed by atoms with E-state index in [1.54, 1.807) is 30.5 Å². The molecule has 0 aliphatic carbocycles. The first-order valence-corrected chi connectivity index (χ1v) is 7.56. The van der Waals surface area contributed by atoms with Gasteiger partial charge in [-0.2, -0.15) is 0 Å². The van der Waals surface area contributed by atoms with Gasteiger partial charge in [-0.25, -0.2) is 0 Å². The SMILES string of the molecule is NC(=O)C(Nc1ccc(Cl)cc1)c1ncc(Br)cc1Br. The molecular weight excluding hydrogens is 409 g/mol. The number of rotatable bonds is 4. The summed E-state index contributed by atoms with van der Waals surface area (Å²) in [6.07, 6.45) is 1.61. The summed E-state index contributed by atoms with van der Waals surface area (Å²) in [6.45, 7) is 0. The second-order valence-corrected chi connectivity index (χ2v) is 6.21. The molecule has 0 saturated heterocycles. The summed E-state index contributed by atoms with van der Waals surface area (Å²) in [5, 5.41) is 3.66. The number of halogens is 3. The van der Waals surface area contributed by atoms with Crippen LogP contribution in [0, 0.1) is 0 Å². The first-order valence-electron chi connectivity index (χ1n) is 5.59. The second kappa shape index (κ2) is 6.56. The zero-order chi connectivity index (χ0) is 14.7. The van der Waals surface area contributed by atoms with Gasteiger partial charge in [0.1, 0.15) is 6.04 Å². The molecule has 3 N–H and O–H groups in total. The Kier molecular flexibility index (Phi) is 5.01. The van der Waals surface area contributed by atoms with E-state index in [4.69, 9.17) is 17.3 Å². The molecule has 0 fully saturated rings. The van der Waals surface area contributed by atoms with E-state index in [1.165, 1.54) is 0 Å². The van der Waals surface area contributed by atoms with Gasteiger partial charge in [0.25, 0.3) is 0 Å². The number of carbonyl (C=O) groups excluding carboxylic acids is 1. The third-order valence-corrected chi connectivity index (χ3v) is 3.87. The number of benzene rings is 1. The van der Waals surface area contributed by atoms with Gasteiger partial charge in [0, 0.05) is 25.9 Å². The van der Waals surface area contributed by atoms with Crippen LogP contribution in [0.5, 0.6) is 0 Å². The van der Waals surface area contributed by atoms with Crippen molar-refractivity contribution in [3.05, 3.63) is 56.2 Å². The number of nitrogens with one attached hydrogen (secondary N) is 1. The first kappa shape index (κ1) is 15.3. The lowest BCUT2D eigenvalue weighted by Gasteiger charge is -2.17. The van der Waals surface area contributed by atoms with E-state index in [9.17, 15) is 4.79 Å². The van der Waals surface area contributed by atoms with Crippen LogP contribution in [0.25, 0.3) is 0 Å². The lowest BCUT2D eigenvalue weighted by molar-refractivity contribution is -0.118. The predicted octanol–water partition coefficient (Wildman–Crippen LogP) is 3.90. The van der Waals surface area contributed by atoms with E-state index in [0.717, 1.165) is 10.2 Å². The van der Waals surface area contributed by atoms with Gasteiger partial charge in [0.2, 0.25) is 5.91 Å². The number of aromatic nitrogens is 1. The summed E-state index contributed by atoms with van der Waals surface area (Å²) >= 11 is 12.5. The fourth-order valence-corrected chi connectivity index (χ4v) is 2.97. The van der Waals surface area contributed by atoms with E-state index in [1.807, 2.05) is 6.07 Å². The van der Waals surface area contributed by atoms with Crippen molar-refractivity contribution in [1.29, 1.82) is 0 Å². The molecule has 2 rings (SSSR count). The highest BCUT2D eigenvalue weighted by Gasteiger charge is 2.22.